The molecule has 0 aliphatic carbocycles. The van der Waals surface area contributed by atoms with Crippen LogP contribution >= 0.6 is 11.3 Å². The van der Waals surface area contributed by atoms with E-state index in [1.165, 1.54) is 30.5 Å². The summed E-state index contributed by atoms with van der Waals surface area (Å²) in [6.45, 7) is 0.814. The first kappa shape index (κ1) is 34.0. The molecule has 4 fully saturated rings. The van der Waals surface area contributed by atoms with Crippen LogP contribution in [0.1, 0.15) is 49.3 Å². The SMILES string of the molecule is C#Cc1c(F)ccc2cc(O)cc(-c3ncc4c(N5CC6CCC(C=C(F)F)(C5)N6)nc(OC[C@@]56CC[C@H](c7ccsc7)N5C[C@@H](F)C6)nc4c3F)c12. The summed E-state index contributed by atoms with van der Waals surface area (Å²) in [4.78, 5) is 17.7. The molecule has 0 spiro atoms. The molecular weight excluding hydrogens is 712 g/mol. The molecule has 14 heteroatoms. The summed E-state index contributed by atoms with van der Waals surface area (Å²) >= 11 is 1.59. The summed E-state index contributed by atoms with van der Waals surface area (Å²) in [6.07, 6.45) is 8.03. The average Bonchev–Trinajstić information content (AvgIpc) is 3.90. The second-order valence-electron chi connectivity index (χ2n) is 14.6. The minimum atomic E-state index is -1.81. The molecule has 2 bridgehead atoms. The van der Waals surface area contributed by atoms with Gasteiger partial charge in [0, 0.05) is 61.4 Å². The van der Waals surface area contributed by atoms with Gasteiger partial charge in [-0.05, 0) is 71.7 Å². The van der Waals surface area contributed by atoms with E-state index in [9.17, 15) is 18.3 Å². The number of pyridine rings is 1. The molecule has 3 aromatic heterocycles. The first-order valence-corrected chi connectivity index (χ1v) is 18.4. The summed E-state index contributed by atoms with van der Waals surface area (Å²) in [7, 11) is 0. The normalized spacial score (nSPS) is 26.6. The molecule has 2 aromatic carbocycles. The molecule has 4 aliphatic rings. The van der Waals surface area contributed by atoms with Crippen molar-refractivity contribution in [2.24, 2.45) is 0 Å². The van der Waals surface area contributed by atoms with Crippen molar-refractivity contribution in [1.82, 2.24) is 25.2 Å². The Morgan fingerprint density at radius 1 is 1.15 bits per heavy atom. The van der Waals surface area contributed by atoms with Crippen molar-refractivity contribution in [1.29, 1.82) is 0 Å². The van der Waals surface area contributed by atoms with Crippen molar-refractivity contribution < 1.29 is 31.8 Å². The molecule has 5 aromatic rings. The summed E-state index contributed by atoms with van der Waals surface area (Å²) in [5.41, 5.74) is -1.02. The topological polar surface area (TPSA) is 86.6 Å². The first-order chi connectivity index (χ1) is 25.5. The maximum atomic E-state index is 17.1. The van der Waals surface area contributed by atoms with Gasteiger partial charge in [0.2, 0.25) is 0 Å². The number of thiophene rings is 1. The zero-order valence-electron chi connectivity index (χ0n) is 28.3. The molecular formula is C39H33F5N6O2S. The highest BCUT2D eigenvalue weighted by atomic mass is 32.1. The molecule has 8 nitrogen and oxygen atoms in total. The van der Waals surface area contributed by atoms with E-state index in [1.807, 2.05) is 10.3 Å². The number of nitrogens with zero attached hydrogens (tertiary/aromatic N) is 5. The Hall–Kier alpha value is -4.84. The van der Waals surface area contributed by atoms with E-state index >= 15 is 8.78 Å². The molecule has 272 valence electrons. The smallest absolute Gasteiger partial charge is 0.319 e. The molecule has 53 heavy (non-hydrogen) atoms. The molecule has 9 rings (SSSR count). The number of benzene rings is 2. The summed E-state index contributed by atoms with van der Waals surface area (Å²) in [6, 6.07) is 7.06. The highest BCUT2D eigenvalue weighted by molar-refractivity contribution is 7.08. The lowest BCUT2D eigenvalue weighted by Crippen LogP contribution is -2.59. The lowest BCUT2D eigenvalue weighted by Gasteiger charge is -2.40. The van der Waals surface area contributed by atoms with Gasteiger partial charge in [-0.2, -0.15) is 30.1 Å². The maximum Gasteiger partial charge on any atom is 0.319 e. The Kier molecular flexibility index (Phi) is 8.10. The van der Waals surface area contributed by atoms with E-state index in [-0.39, 0.29) is 88.9 Å². The van der Waals surface area contributed by atoms with Crippen LogP contribution in [0, 0.1) is 24.0 Å². The predicted molar refractivity (Wildman–Crippen MR) is 192 cm³/mol. The van der Waals surface area contributed by atoms with Crippen molar-refractivity contribution >= 4 is 38.8 Å². The zero-order valence-corrected chi connectivity index (χ0v) is 29.1. The van der Waals surface area contributed by atoms with Gasteiger partial charge in [0.05, 0.1) is 22.0 Å². The number of ether oxygens (including phenoxy) is 1. The number of phenols is 1. The standard InChI is InChI=1S/C39H33F5N6O2S/c1-2-26-29(41)4-3-21-11-25(51)12-27(32(21)26)34-33(44)35-28(15-45-34)36(49-17-24-5-8-38(19-49,48-24)14-31(42)43)47-37(46-35)52-20-39-9-6-30(22-7-10-53-18-22)50(39)16-23(40)13-39/h1,3-4,7,10-12,14-15,18,23-24,30,48,51H,5-6,8-9,13,16-17,19-20H2/t23-,24?,30+,38?,39-/m0/s1. The lowest BCUT2D eigenvalue weighted by molar-refractivity contribution is 0.0846. The number of terminal acetylenes is 1. The molecule has 7 heterocycles. The molecule has 4 aliphatic heterocycles. The Labute approximate surface area is 305 Å². The van der Waals surface area contributed by atoms with Crippen molar-refractivity contribution in [2.45, 2.75) is 61.4 Å². The fourth-order valence-electron chi connectivity index (χ4n) is 9.20. The third-order valence-corrected chi connectivity index (χ3v) is 12.1. The van der Waals surface area contributed by atoms with Crippen LogP contribution in [0.4, 0.5) is 27.8 Å². The summed E-state index contributed by atoms with van der Waals surface area (Å²) < 4.78 is 80.9. The quantitative estimate of drug-likeness (QED) is 0.130. The minimum Gasteiger partial charge on any atom is -0.508 e. The van der Waals surface area contributed by atoms with E-state index in [0.29, 0.717) is 31.2 Å². The highest BCUT2D eigenvalue weighted by Crippen LogP contribution is 2.50. The van der Waals surface area contributed by atoms with Gasteiger partial charge in [-0.1, -0.05) is 12.0 Å². The van der Waals surface area contributed by atoms with Gasteiger partial charge in [-0.15, -0.1) is 6.42 Å². The number of aromatic nitrogens is 3. The van der Waals surface area contributed by atoms with Crippen molar-refractivity contribution in [2.75, 3.05) is 31.1 Å². The van der Waals surface area contributed by atoms with Gasteiger partial charge in [-0.25, -0.2) is 13.2 Å². The Balaban J connectivity index is 1.17. The van der Waals surface area contributed by atoms with E-state index in [1.54, 1.807) is 11.3 Å². The van der Waals surface area contributed by atoms with Gasteiger partial charge < -0.3 is 20.1 Å². The second kappa shape index (κ2) is 12.6. The number of hydrogen-bond acceptors (Lipinski definition) is 9. The molecule has 0 saturated carbocycles. The lowest BCUT2D eigenvalue weighted by atomic mass is 9.94. The zero-order chi connectivity index (χ0) is 36.6. The van der Waals surface area contributed by atoms with Crippen LogP contribution in [0.3, 0.4) is 0 Å². The van der Waals surface area contributed by atoms with E-state index in [0.717, 1.165) is 18.1 Å². The van der Waals surface area contributed by atoms with E-state index in [2.05, 4.69) is 37.6 Å². The number of nitrogens with one attached hydrogen (secondary N) is 1. The number of piperazine rings is 1. The van der Waals surface area contributed by atoms with Crippen LogP contribution in [-0.4, -0.2) is 74.5 Å². The highest BCUT2D eigenvalue weighted by Gasteiger charge is 2.54. The largest absolute Gasteiger partial charge is 0.508 e. The molecule has 0 radical (unpaired) electrons. The van der Waals surface area contributed by atoms with Crippen molar-refractivity contribution in [3.8, 4) is 35.4 Å². The van der Waals surface area contributed by atoms with Gasteiger partial charge in [-0.3, -0.25) is 9.88 Å². The number of aromatic hydroxyl groups is 1. The Bertz CT molecular complexity index is 2350. The number of fused-ring (bicyclic) bond motifs is 5. The molecule has 4 saturated heterocycles. The van der Waals surface area contributed by atoms with Gasteiger partial charge in [0.15, 0.2) is 5.82 Å². The fraction of sp³-hybridized carbons (Fsp3) is 0.359. The van der Waals surface area contributed by atoms with Gasteiger partial charge in [0.25, 0.3) is 6.08 Å². The number of anilines is 1. The van der Waals surface area contributed by atoms with Gasteiger partial charge >= 0.3 is 6.01 Å². The average molecular weight is 745 g/mol. The number of phenolic OH excluding ortho intramolecular Hbond substituents is 1. The van der Waals surface area contributed by atoms with Crippen LogP contribution in [-0.2, 0) is 0 Å². The van der Waals surface area contributed by atoms with Crippen molar-refractivity contribution in [3.63, 3.8) is 0 Å². The van der Waals surface area contributed by atoms with Crippen LogP contribution in [0.5, 0.6) is 11.8 Å². The summed E-state index contributed by atoms with van der Waals surface area (Å²) in [5.74, 6) is 0.775. The number of hydrogen-bond donors (Lipinski definition) is 2. The molecule has 2 unspecified atom stereocenters. The third-order valence-electron chi connectivity index (χ3n) is 11.4. The Morgan fingerprint density at radius 3 is 2.81 bits per heavy atom. The minimum absolute atomic E-state index is 0.0380. The third kappa shape index (κ3) is 5.68. The molecule has 0 amide bonds. The van der Waals surface area contributed by atoms with Crippen LogP contribution in [0.2, 0.25) is 0 Å². The number of alkyl halides is 1. The van der Waals surface area contributed by atoms with E-state index in [4.69, 9.17) is 16.1 Å². The van der Waals surface area contributed by atoms with Crippen LogP contribution in [0.15, 0.2) is 59.4 Å². The number of rotatable bonds is 7. The second-order valence-corrected chi connectivity index (χ2v) is 15.4. The molecule has 5 atom stereocenters. The first-order valence-electron chi connectivity index (χ1n) is 17.5. The van der Waals surface area contributed by atoms with E-state index < -0.39 is 35.0 Å². The maximum absolute atomic E-state index is 17.1. The van der Waals surface area contributed by atoms with Gasteiger partial charge in [0.1, 0.15) is 41.4 Å². The van der Waals surface area contributed by atoms with Crippen molar-refractivity contribution in [3.05, 3.63) is 82.2 Å². The summed E-state index contributed by atoms with van der Waals surface area (Å²) in [5, 5.41) is 18.8. The van der Waals surface area contributed by atoms with Crippen LogP contribution < -0.4 is 15.0 Å². The monoisotopic (exact) mass is 744 g/mol. The molecule has 2 N–H and O–H groups in total. The predicted octanol–water partition coefficient (Wildman–Crippen LogP) is 7.66. The Morgan fingerprint density at radius 2 is 2.02 bits per heavy atom. The van der Waals surface area contributed by atoms with Crippen LogP contribution in [0.25, 0.3) is 32.9 Å². The number of halogens is 5. The fourth-order valence-corrected chi connectivity index (χ4v) is 9.91.